The van der Waals surface area contributed by atoms with Gasteiger partial charge in [0.25, 0.3) is 8.32 Å². The number of carbonyl (C=O) groups is 1. The fourth-order valence-corrected chi connectivity index (χ4v) is 15.8. The topological polar surface area (TPSA) is 119 Å². The van der Waals surface area contributed by atoms with Gasteiger partial charge < -0.3 is 56.6 Å². The highest BCUT2D eigenvalue weighted by atomic mass is 28.4. The van der Waals surface area contributed by atoms with E-state index < -0.39 is 68.2 Å². The molecule has 13 heteroatoms. The molecule has 0 aromatic heterocycles. The summed E-state index contributed by atoms with van der Waals surface area (Å²) in [5.41, 5.74) is 5.53. The van der Waals surface area contributed by atoms with E-state index in [0.29, 0.717) is 0 Å². The van der Waals surface area contributed by atoms with E-state index in [9.17, 15) is 4.79 Å². The van der Waals surface area contributed by atoms with Crippen molar-refractivity contribution in [2.24, 2.45) is 0 Å². The minimum absolute atomic E-state index is 0.0363. The van der Waals surface area contributed by atoms with Crippen molar-refractivity contribution in [1.29, 1.82) is 0 Å². The van der Waals surface area contributed by atoms with Crippen LogP contribution >= 0.6 is 0 Å². The number of ether oxygens (including phenoxy) is 10. The lowest BCUT2D eigenvalue weighted by atomic mass is 9.97. The van der Waals surface area contributed by atoms with E-state index in [1.165, 1.54) is 0 Å². The normalized spacial score (nSPS) is 22.6. The number of benzene rings is 8. The van der Waals surface area contributed by atoms with Crippen LogP contribution in [-0.2, 0) is 96.2 Å². The third kappa shape index (κ3) is 15.4. The molecule has 9 atom stereocenters. The van der Waals surface area contributed by atoms with Crippen LogP contribution in [0.2, 0.25) is 5.04 Å². The Balaban J connectivity index is 1.10. The molecule has 84 heavy (non-hydrogen) atoms. The van der Waals surface area contributed by atoms with Gasteiger partial charge in [0.2, 0.25) is 5.79 Å². The fraction of sp³-hybridized carbons (Fsp3) is 0.310. The van der Waals surface area contributed by atoms with Crippen LogP contribution in [0.5, 0.6) is 0 Å². The Labute approximate surface area is 495 Å². The maximum Gasteiger partial charge on any atom is 0.261 e. The summed E-state index contributed by atoms with van der Waals surface area (Å²) in [6, 6.07) is 80.4. The highest BCUT2D eigenvalue weighted by Gasteiger charge is 2.62. The zero-order chi connectivity index (χ0) is 57.9. The first-order chi connectivity index (χ1) is 41.2. The smallest absolute Gasteiger partial charge is 0.261 e. The van der Waals surface area contributed by atoms with Crippen LogP contribution in [0.15, 0.2) is 243 Å². The minimum Gasteiger partial charge on any atom is -0.405 e. The molecular weight excluding hydrogens is 1070 g/mol. The molecule has 2 fully saturated rings. The number of hydrogen-bond acceptors (Lipinski definition) is 12. The molecule has 0 N–H and O–H groups in total. The molecule has 2 heterocycles. The summed E-state index contributed by atoms with van der Waals surface area (Å²) in [6.07, 6.45) is -7.58. The predicted molar refractivity (Wildman–Crippen MR) is 324 cm³/mol. The molecule has 2 saturated heterocycles. The van der Waals surface area contributed by atoms with E-state index in [-0.39, 0.29) is 59.6 Å². The molecule has 436 valence electrons. The van der Waals surface area contributed by atoms with Crippen LogP contribution in [0.3, 0.4) is 0 Å². The van der Waals surface area contributed by atoms with Gasteiger partial charge in [-0.3, -0.25) is 0 Å². The molecule has 2 aliphatic rings. The first-order valence-corrected chi connectivity index (χ1v) is 30.8. The first-order valence-electron chi connectivity index (χ1n) is 28.9. The molecule has 8 aromatic carbocycles. The van der Waals surface area contributed by atoms with E-state index in [1.54, 1.807) is 0 Å². The molecule has 0 aliphatic carbocycles. The summed E-state index contributed by atoms with van der Waals surface area (Å²) in [4.78, 5) is 13.6. The van der Waals surface area contributed by atoms with Gasteiger partial charge in [-0.15, -0.1) is 0 Å². The standard InChI is InChI=1S/C71H76O12Si/c1-70(2,3)84(60-40-24-10-25-41-60,61-42-26-11-27-43-61)80-51-63-64(75-46-55-30-14-5-15-31-55)66(77-48-57-34-18-7-19-35-57)67(78-49-58-36-20-8-21-37-58)69(81-63)83-71(52-74-53-73-45-54-28-12-4-13-29-54)68(79-50-59-38-22-9-23-39-59)65(62(44-72)82-71)76-47-56-32-16-6-17-33-56/h4-44,62-69H,45-53H2,1-3H3/t62-,63-,64-,65-,66+,67-,68+,69-,71+/m1/s1. The van der Waals surface area contributed by atoms with Crippen molar-refractivity contribution in [1.82, 2.24) is 0 Å². The molecule has 2 aliphatic heterocycles. The van der Waals surface area contributed by atoms with E-state index >= 15 is 0 Å². The molecule has 0 saturated carbocycles. The van der Waals surface area contributed by atoms with Crippen LogP contribution < -0.4 is 10.4 Å². The van der Waals surface area contributed by atoms with Gasteiger partial charge in [0, 0.05) is 0 Å². The molecule has 12 nitrogen and oxygen atoms in total. The van der Waals surface area contributed by atoms with Crippen LogP contribution in [0.4, 0.5) is 0 Å². The van der Waals surface area contributed by atoms with E-state index in [0.717, 1.165) is 50.0 Å². The van der Waals surface area contributed by atoms with Gasteiger partial charge in [-0.05, 0) is 48.8 Å². The molecule has 0 spiro atoms. The van der Waals surface area contributed by atoms with Crippen molar-refractivity contribution in [3.05, 3.63) is 276 Å². The molecule has 0 unspecified atom stereocenters. The maximum atomic E-state index is 13.6. The van der Waals surface area contributed by atoms with E-state index in [2.05, 4.69) is 69.3 Å². The number of aldehydes is 1. The van der Waals surface area contributed by atoms with Gasteiger partial charge in [-0.1, -0.05) is 263 Å². The van der Waals surface area contributed by atoms with Crippen LogP contribution in [0.1, 0.15) is 54.2 Å². The lowest BCUT2D eigenvalue weighted by Crippen LogP contribution is -2.69. The van der Waals surface area contributed by atoms with Gasteiger partial charge in [-0.25, -0.2) is 0 Å². The Morgan fingerprint density at radius 1 is 0.440 bits per heavy atom. The van der Waals surface area contributed by atoms with Gasteiger partial charge in [0.1, 0.15) is 56.1 Å². The number of carbonyl (C=O) groups excluding carboxylic acids is 1. The Morgan fingerprint density at radius 2 is 0.810 bits per heavy atom. The summed E-state index contributed by atoms with van der Waals surface area (Å²) in [5.74, 6) is -1.93. The molecule has 10 rings (SSSR count). The summed E-state index contributed by atoms with van der Waals surface area (Å²) < 4.78 is 78.2. The van der Waals surface area contributed by atoms with Gasteiger partial charge in [-0.2, -0.15) is 0 Å². The predicted octanol–water partition coefficient (Wildman–Crippen LogP) is 11.7. The zero-order valence-electron chi connectivity index (χ0n) is 48.1. The van der Waals surface area contributed by atoms with Crippen molar-refractivity contribution >= 4 is 25.0 Å². The SMILES string of the molecule is CC(C)(C)[Si](OC[C@H]1O[C@H](O[C@]2(COCOCc3ccccc3)O[C@H](C=O)[C@@H](OCc3ccccc3)[C@@H]2OCc2ccccc2)[C@H](OCc2ccccc2)[C@@H](OCc2ccccc2)[C@@H]1OCc1ccccc1)(c1ccccc1)c1ccccc1. The van der Waals surface area contributed by atoms with Crippen molar-refractivity contribution in [3.63, 3.8) is 0 Å². The van der Waals surface area contributed by atoms with Crippen LogP contribution in [0, 0.1) is 0 Å². The van der Waals surface area contributed by atoms with Gasteiger partial charge >= 0.3 is 0 Å². The Kier molecular flexibility index (Phi) is 21.4. The second-order valence-corrected chi connectivity index (χ2v) is 26.5. The third-order valence-electron chi connectivity index (χ3n) is 15.3. The molecule has 0 radical (unpaired) electrons. The average molecular weight is 1150 g/mol. The monoisotopic (exact) mass is 1150 g/mol. The second-order valence-electron chi connectivity index (χ2n) is 22.2. The highest BCUT2D eigenvalue weighted by molar-refractivity contribution is 6.99. The van der Waals surface area contributed by atoms with E-state index in [1.807, 2.05) is 194 Å². The number of rotatable bonds is 29. The van der Waals surface area contributed by atoms with Crippen molar-refractivity contribution in [2.75, 3.05) is 20.0 Å². The molecule has 0 amide bonds. The summed E-state index contributed by atoms with van der Waals surface area (Å²) in [7, 11) is -3.24. The average Bonchev–Trinajstić information content (AvgIpc) is 1.70. The lowest BCUT2D eigenvalue weighted by molar-refractivity contribution is -0.397. The minimum atomic E-state index is -3.24. The van der Waals surface area contributed by atoms with Gasteiger partial charge in [0.05, 0.1) is 46.2 Å². The quantitative estimate of drug-likeness (QED) is 0.0192. The van der Waals surface area contributed by atoms with Crippen molar-refractivity contribution in [2.45, 2.75) is 120 Å². The Bertz CT molecular complexity index is 3110. The maximum absolute atomic E-state index is 13.6. The third-order valence-corrected chi connectivity index (χ3v) is 20.3. The van der Waals surface area contributed by atoms with Crippen LogP contribution in [-0.4, -0.2) is 89.4 Å². The lowest BCUT2D eigenvalue weighted by Gasteiger charge is -2.49. The summed E-state index contributed by atoms with van der Waals surface area (Å²) in [6.45, 7) is 7.38. The molecular formula is C71H76O12Si. The molecule has 8 aromatic rings. The van der Waals surface area contributed by atoms with E-state index in [4.69, 9.17) is 51.8 Å². The van der Waals surface area contributed by atoms with Crippen molar-refractivity contribution < 1.29 is 56.6 Å². The molecule has 0 bridgehead atoms. The zero-order valence-corrected chi connectivity index (χ0v) is 49.1. The Morgan fingerprint density at radius 3 is 1.23 bits per heavy atom. The van der Waals surface area contributed by atoms with Gasteiger partial charge in [0.15, 0.2) is 12.6 Å². The summed E-state index contributed by atoms with van der Waals surface area (Å²) in [5, 5.41) is 1.80. The second kappa shape index (κ2) is 29.8. The fourth-order valence-electron chi connectivity index (χ4n) is 11.2. The van der Waals surface area contributed by atoms with Crippen molar-refractivity contribution in [3.8, 4) is 0 Å². The first kappa shape index (κ1) is 60.3. The largest absolute Gasteiger partial charge is 0.405 e. The summed E-state index contributed by atoms with van der Waals surface area (Å²) >= 11 is 0. The Hall–Kier alpha value is -6.79. The highest BCUT2D eigenvalue weighted by Crippen LogP contribution is 2.43. The number of hydrogen-bond donors (Lipinski definition) is 0. The van der Waals surface area contributed by atoms with Crippen LogP contribution in [0.25, 0.3) is 0 Å².